The van der Waals surface area contributed by atoms with Crippen molar-refractivity contribution in [1.29, 1.82) is 0 Å². The number of alkyl halides is 2. The van der Waals surface area contributed by atoms with Gasteiger partial charge >= 0.3 is 11.7 Å². The summed E-state index contributed by atoms with van der Waals surface area (Å²) in [6.45, 7) is 3.97. The predicted octanol–water partition coefficient (Wildman–Crippen LogP) is 3.54. The normalized spacial score (nSPS) is 11.4. The van der Waals surface area contributed by atoms with Gasteiger partial charge in [0.1, 0.15) is 19.0 Å². The highest BCUT2D eigenvalue weighted by Crippen LogP contribution is 2.20. The predicted molar refractivity (Wildman–Crippen MR) is 91.3 cm³/mol. The molecule has 0 N–H and O–H groups in total. The number of ether oxygens (including phenoxy) is 2. The second kappa shape index (κ2) is 8.27. The van der Waals surface area contributed by atoms with E-state index in [9.17, 15) is 22.0 Å². The Bertz CT molecular complexity index is 877. The van der Waals surface area contributed by atoms with Crippen LogP contribution in [0.2, 0.25) is 0 Å². The number of carbonyl (C=O) groups excluding carboxylic acids is 1. The second-order valence-corrected chi connectivity index (χ2v) is 7.50. The van der Waals surface area contributed by atoms with Gasteiger partial charge in [0.15, 0.2) is 0 Å². The molecule has 0 saturated heterocycles. The summed E-state index contributed by atoms with van der Waals surface area (Å²) in [5, 5.41) is 0. The monoisotopic (exact) mass is 384 g/mol. The van der Waals surface area contributed by atoms with Crippen molar-refractivity contribution in [3.63, 3.8) is 0 Å². The molecule has 5 nitrogen and oxygen atoms in total. The Balaban J connectivity index is 1.89. The van der Waals surface area contributed by atoms with Crippen molar-refractivity contribution >= 4 is 15.8 Å². The van der Waals surface area contributed by atoms with Crippen LogP contribution in [0.4, 0.5) is 8.78 Å². The van der Waals surface area contributed by atoms with Crippen LogP contribution in [-0.4, -0.2) is 33.4 Å². The number of hydrogen-bond donors (Lipinski definition) is 0. The smallest absolute Gasteiger partial charge is 0.341 e. The van der Waals surface area contributed by atoms with Gasteiger partial charge in [0.2, 0.25) is 9.84 Å². The molecule has 0 aliphatic rings. The molecule has 0 amide bonds. The molecule has 0 aliphatic carbocycles. The SMILES string of the molecule is Cc1ccc(C)c(OCCOC(=O)c2ccc(S(=O)(=O)C(F)F)cc2)c1. The molecule has 0 heterocycles. The molecule has 26 heavy (non-hydrogen) atoms. The molecule has 0 unspecified atom stereocenters. The average molecular weight is 384 g/mol. The van der Waals surface area contributed by atoms with Crippen molar-refractivity contribution in [1.82, 2.24) is 0 Å². The highest BCUT2D eigenvalue weighted by Gasteiger charge is 2.26. The lowest BCUT2D eigenvalue weighted by atomic mass is 10.1. The number of rotatable bonds is 7. The lowest BCUT2D eigenvalue weighted by Crippen LogP contribution is -2.14. The summed E-state index contributed by atoms with van der Waals surface area (Å²) >= 11 is 0. The van der Waals surface area contributed by atoms with E-state index in [1.807, 2.05) is 32.0 Å². The van der Waals surface area contributed by atoms with Gasteiger partial charge in [-0.15, -0.1) is 0 Å². The molecule has 140 valence electrons. The maximum Gasteiger partial charge on any atom is 0.341 e. The number of benzene rings is 2. The Hall–Kier alpha value is -2.48. The van der Waals surface area contributed by atoms with Crippen molar-refractivity contribution in [3.05, 3.63) is 59.2 Å². The van der Waals surface area contributed by atoms with Crippen molar-refractivity contribution < 1.29 is 31.5 Å². The first-order valence-corrected chi connectivity index (χ1v) is 9.26. The van der Waals surface area contributed by atoms with Crippen molar-refractivity contribution in [2.75, 3.05) is 13.2 Å². The Kier molecular flexibility index (Phi) is 6.31. The molecule has 0 bridgehead atoms. The van der Waals surface area contributed by atoms with Crippen LogP contribution in [-0.2, 0) is 14.6 Å². The molecule has 2 aromatic carbocycles. The third-order valence-electron chi connectivity index (χ3n) is 3.57. The summed E-state index contributed by atoms with van der Waals surface area (Å²) in [4.78, 5) is 11.3. The van der Waals surface area contributed by atoms with Crippen LogP contribution in [0, 0.1) is 13.8 Å². The zero-order valence-corrected chi connectivity index (χ0v) is 15.1. The van der Waals surface area contributed by atoms with Crippen LogP contribution in [0.3, 0.4) is 0 Å². The van der Waals surface area contributed by atoms with Crippen LogP contribution in [0.1, 0.15) is 21.5 Å². The minimum atomic E-state index is -4.68. The molecule has 0 spiro atoms. The Labute approximate surface area is 150 Å². The van der Waals surface area contributed by atoms with E-state index in [-0.39, 0.29) is 18.8 Å². The summed E-state index contributed by atoms with van der Waals surface area (Å²) in [7, 11) is -4.68. The van der Waals surface area contributed by atoms with E-state index in [2.05, 4.69) is 0 Å². The molecule has 0 atom stereocenters. The van der Waals surface area contributed by atoms with Crippen LogP contribution < -0.4 is 4.74 Å². The van der Waals surface area contributed by atoms with Crippen LogP contribution in [0.25, 0.3) is 0 Å². The summed E-state index contributed by atoms with van der Waals surface area (Å²) in [6.07, 6.45) is 0. The molecule has 8 heteroatoms. The maximum absolute atomic E-state index is 12.5. The Morgan fingerprint density at radius 3 is 2.31 bits per heavy atom. The molecule has 0 fully saturated rings. The van der Waals surface area contributed by atoms with E-state index < -0.39 is 26.5 Å². The number of sulfone groups is 1. The molecule has 0 aliphatic heterocycles. The van der Waals surface area contributed by atoms with Crippen molar-refractivity contribution in [2.45, 2.75) is 24.5 Å². The molecule has 0 aromatic heterocycles. The fraction of sp³-hybridized carbons (Fsp3) is 0.278. The fourth-order valence-corrected chi connectivity index (χ4v) is 2.84. The van der Waals surface area contributed by atoms with Gasteiger partial charge in [0.25, 0.3) is 0 Å². The lowest BCUT2D eigenvalue weighted by Gasteiger charge is -2.10. The largest absolute Gasteiger partial charge is 0.490 e. The number of halogens is 2. The Morgan fingerprint density at radius 2 is 1.69 bits per heavy atom. The molecular weight excluding hydrogens is 366 g/mol. The van der Waals surface area contributed by atoms with E-state index in [1.54, 1.807) is 0 Å². The molecule has 2 rings (SSSR count). The topological polar surface area (TPSA) is 69.7 Å². The van der Waals surface area contributed by atoms with Crippen molar-refractivity contribution in [2.24, 2.45) is 0 Å². The zero-order valence-electron chi connectivity index (χ0n) is 14.2. The summed E-state index contributed by atoms with van der Waals surface area (Å²) in [5.74, 6) is -3.51. The maximum atomic E-state index is 12.5. The number of esters is 1. The highest BCUT2D eigenvalue weighted by molar-refractivity contribution is 7.91. The van der Waals surface area contributed by atoms with Gasteiger partial charge in [-0.25, -0.2) is 13.2 Å². The molecule has 0 radical (unpaired) electrons. The van der Waals surface area contributed by atoms with E-state index in [1.165, 1.54) is 0 Å². The van der Waals surface area contributed by atoms with Crippen LogP contribution in [0.5, 0.6) is 5.75 Å². The lowest BCUT2D eigenvalue weighted by molar-refractivity contribution is 0.0450. The van der Waals surface area contributed by atoms with Crippen molar-refractivity contribution in [3.8, 4) is 5.75 Å². The fourth-order valence-electron chi connectivity index (χ4n) is 2.12. The third kappa shape index (κ3) is 4.78. The summed E-state index contributed by atoms with van der Waals surface area (Å²) < 4.78 is 58.2. The zero-order chi connectivity index (χ0) is 19.3. The van der Waals surface area contributed by atoms with Gasteiger partial charge in [-0.05, 0) is 55.3 Å². The Morgan fingerprint density at radius 1 is 1.04 bits per heavy atom. The summed E-state index contributed by atoms with van der Waals surface area (Å²) in [6, 6.07) is 9.91. The van der Waals surface area contributed by atoms with Gasteiger partial charge in [0.05, 0.1) is 10.5 Å². The first-order chi connectivity index (χ1) is 12.2. The molecule has 2 aromatic rings. The first kappa shape index (κ1) is 19.8. The van der Waals surface area contributed by atoms with Crippen LogP contribution in [0.15, 0.2) is 47.4 Å². The van der Waals surface area contributed by atoms with Crippen LogP contribution >= 0.6 is 0 Å². The van der Waals surface area contributed by atoms with Gasteiger partial charge < -0.3 is 9.47 Å². The standard InChI is InChI=1S/C18H18F2O5S/c1-12-3-4-13(2)16(11-12)24-9-10-25-17(21)14-5-7-15(8-6-14)26(22,23)18(19)20/h3-8,11,18H,9-10H2,1-2H3. The van der Waals surface area contributed by atoms with Gasteiger partial charge in [-0.1, -0.05) is 12.1 Å². The average Bonchev–Trinajstić information content (AvgIpc) is 2.61. The first-order valence-electron chi connectivity index (χ1n) is 7.71. The van der Waals surface area contributed by atoms with E-state index in [0.29, 0.717) is 5.75 Å². The van der Waals surface area contributed by atoms with Gasteiger partial charge in [-0.3, -0.25) is 0 Å². The third-order valence-corrected chi connectivity index (χ3v) is 4.97. The minimum Gasteiger partial charge on any atom is -0.490 e. The minimum absolute atomic E-state index is 0.0106. The summed E-state index contributed by atoms with van der Waals surface area (Å²) in [5.41, 5.74) is 2.06. The highest BCUT2D eigenvalue weighted by atomic mass is 32.2. The number of carbonyl (C=O) groups is 1. The van der Waals surface area contributed by atoms with E-state index >= 15 is 0 Å². The van der Waals surface area contributed by atoms with Gasteiger partial charge in [0, 0.05) is 0 Å². The van der Waals surface area contributed by atoms with Gasteiger partial charge in [-0.2, -0.15) is 8.78 Å². The molecular formula is C18H18F2O5S. The molecule has 0 saturated carbocycles. The number of hydrogen-bond acceptors (Lipinski definition) is 5. The quantitative estimate of drug-likeness (QED) is 0.540. The number of aryl methyl sites for hydroxylation is 2. The van der Waals surface area contributed by atoms with E-state index in [0.717, 1.165) is 35.4 Å². The van der Waals surface area contributed by atoms with E-state index in [4.69, 9.17) is 9.47 Å². The second-order valence-electron chi connectivity index (χ2n) is 5.58.